The first-order valence-electron chi connectivity index (χ1n) is 5.53. The van der Waals surface area contributed by atoms with Crippen molar-refractivity contribution in [2.24, 2.45) is 10.9 Å². The van der Waals surface area contributed by atoms with Crippen molar-refractivity contribution in [1.29, 1.82) is 0 Å². The van der Waals surface area contributed by atoms with E-state index in [4.69, 9.17) is 15.4 Å². The second-order valence-corrected chi connectivity index (χ2v) is 3.84. The highest BCUT2D eigenvalue weighted by atomic mass is 16.4. The molecule has 0 fully saturated rings. The quantitative estimate of drug-likeness (QED) is 0.379. The lowest BCUT2D eigenvalue weighted by molar-refractivity contribution is 0.0966. The summed E-state index contributed by atoms with van der Waals surface area (Å²) in [6, 6.07) is 10.1. The lowest BCUT2D eigenvalue weighted by Crippen LogP contribution is -2.28. The molecule has 0 bridgehead atoms. The van der Waals surface area contributed by atoms with E-state index >= 15 is 0 Å². The van der Waals surface area contributed by atoms with Gasteiger partial charge in [-0.05, 0) is 24.3 Å². The van der Waals surface area contributed by atoms with Crippen molar-refractivity contribution in [1.82, 2.24) is 0 Å². The molecule has 0 aliphatic heterocycles. The number of amidine groups is 1. The van der Waals surface area contributed by atoms with Gasteiger partial charge < -0.3 is 20.3 Å². The second kappa shape index (κ2) is 5.26. The van der Waals surface area contributed by atoms with Crippen LogP contribution >= 0.6 is 0 Å². The van der Waals surface area contributed by atoms with Crippen LogP contribution < -0.4 is 10.6 Å². The Morgan fingerprint density at radius 3 is 2.68 bits per heavy atom. The fraction of sp³-hybridized carbons (Fsp3) is 0.0769. The standard InChI is InChI=1S/C13H13N3O3/c1-16(13(17)11-7-4-8-19-11)10-6-3-2-5-9(10)12(14)15-18/h2-8,18H,1H3,(H2,14,15). The van der Waals surface area contributed by atoms with Crippen molar-refractivity contribution in [2.45, 2.75) is 0 Å². The maximum Gasteiger partial charge on any atom is 0.293 e. The molecule has 1 aromatic heterocycles. The average molecular weight is 259 g/mol. The van der Waals surface area contributed by atoms with Gasteiger partial charge in [0.2, 0.25) is 0 Å². The highest BCUT2D eigenvalue weighted by Gasteiger charge is 2.19. The van der Waals surface area contributed by atoms with Crippen LogP contribution in [0.25, 0.3) is 0 Å². The predicted octanol–water partition coefficient (Wildman–Crippen LogP) is 1.65. The molecule has 1 heterocycles. The number of nitrogens with two attached hydrogens (primary N) is 1. The summed E-state index contributed by atoms with van der Waals surface area (Å²) in [5, 5.41) is 11.7. The van der Waals surface area contributed by atoms with Gasteiger partial charge in [-0.25, -0.2) is 0 Å². The van der Waals surface area contributed by atoms with Gasteiger partial charge >= 0.3 is 0 Å². The van der Waals surface area contributed by atoms with E-state index in [0.717, 1.165) is 0 Å². The van der Waals surface area contributed by atoms with Gasteiger partial charge in [-0.2, -0.15) is 0 Å². The first-order chi connectivity index (χ1) is 9.15. The zero-order chi connectivity index (χ0) is 13.8. The van der Waals surface area contributed by atoms with E-state index in [9.17, 15) is 4.79 Å². The molecule has 0 spiro atoms. The van der Waals surface area contributed by atoms with Crippen molar-refractivity contribution in [3.63, 3.8) is 0 Å². The maximum absolute atomic E-state index is 12.2. The largest absolute Gasteiger partial charge is 0.459 e. The van der Waals surface area contributed by atoms with Crippen molar-refractivity contribution in [2.75, 3.05) is 11.9 Å². The van der Waals surface area contributed by atoms with Crippen LogP contribution in [0.5, 0.6) is 0 Å². The van der Waals surface area contributed by atoms with E-state index < -0.39 is 0 Å². The molecule has 0 aliphatic rings. The third-order valence-corrected chi connectivity index (χ3v) is 2.69. The third-order valence-electron chi connectivity index (χ3n) is 2.69. The summed E-state index contributed by atoms with van der Waals surface area (Å²) in [6.45, 7) is 0. The highest BCUT2D eigenvalue weighted by molar-refractivity contribution is 6.09. The number of carbonyl (C=O) groups excluding carboxylic acids is 1. The Morgan fingerprint density at radius 1 is 1.32 bits per heavy atom. The fourth-order valence-electron chi connectivity index (χ4n) is 1.71. The van der Waals surface area contributed by atoms with Gasteiger partial charge in [0.1, 0.15) is 0 Å². The monoisotopic (exact) mass is 259 g/mol. The van der Waals surface area contributed by atoms with Crippen molar-refractivity contribution in [3.05, 3.63) is 54.0 Å². The second-order valence-electron chi connectivity index (χ2n) is 3.84. The normalized spacial score (nSPS) is 11.3. The maximum atomic E-state index is 12.2. The zero-order valence-electron chi connectivity index (χ0n) is 10.3. The summed E-state index contributed by atoms with van der Waals surface area (Å²) in [5.74, 6) is -0.158. The van der Waals surface area contributed by atoms with Crippen LogP contribution in [-0.2, 0) is 0 Å². The molecule has 3 N–H and O–H groups in total. The van der Waals surface area contributed by atoms with E-state index in [1.54, 1.807) is 43.4 Å². The number of benzene rings is 1. The lowest BCUT2D eigenvalue weighted by Gasteiger charge is -2.19. The summed E-state index contributed by atoms with van der Waals surface area (Å²) in [7, 11) is 1.59. The molecular formula is C13H13N3O3. The molecule has 1 aromatic carbocycles. The number of nitrogens with zero attached hydrogens (tertiary/aromatic N) is 2. The van der Waals surface area contributed by atoms with E-state index in [-0.39, 0.29) is 17.5 Å². The van der Waals surface area contributed by atoms with Gasteiger partial charge in [0.15, 0.2) is 11.6 Å². The fourth-order valence-corrected chi connectivity index (χ4v) is 1.71. The molecule has 98 valence electrons. The summed E-state index contributed by atoms with van der Waals surface area (Å²) in [6.07, 6.45) is 1.43. The number of anilines is 1. The van der Waals surface area contributed by atoms with Crippen LogP contribution in [0.15, 0.2) is 52.2 Å². The Labute approximate surface area is 109 Å². The molecule has 0 saturated carbocycles. The van der Waals surface area contributed by atoms with Crippen LogP contribution in [0.4, 0.5) is 5.69 Å². The number of rotatable bonds is 3. The SMILES string of the molecule is CN(C(=O)c1ccco1)c1ccccc1C(N)=NO. The van der Waals surface area contributed by atoms with Crippen LogP contribution in [0.3, 0.4) is 0 Å². The molecule has 0 aliphatic carbocycles. The van der Waals surface area contributed by atoms with Gasteiger partial charge in [-0.1, -0.05) is 17.3 Å². The highest BCUT2D eigenvalue weighted by Crippen LogP contribution is 2.21. The Hall–Kier alpha value is -2.76. The molecular weight excluding hydrogens is 246 g/mol. The summed E-state index contributed by atoms with van der Waals surface area (Å²) in [5.41, 5.74) is 6.58. The zero-order valence-corrected chi connectivity index (χ0v) is 10.3. The first-order valence-corrected chi connectivity index (χ1v) is 5.53. The summed E-state index contributed by atoms with van der Waals surface area (Å²) in [4.78, 5) is 13.5. The van der Waals surface area contributed by atoms with Gasteiger partial charge in [0.25, 0.3) is 5.91 Å². The minimum atomic E-state index is -0.316. The molecule has 19 heavy (non-hydrogen) atoms. The van der Waals surface area contributed by atoms with Gasteiger partial charge in [-0.15, -0.1) is 0 Å². The number of para-hydroxylation sites is 1. The Morgan fingerprint density at radius 2 is 2.05 bits per heavy atom. The van der Waals surface area contributed by atoms with Crippen molar-refractivity contribution >= 4 is 17.4 Å². The Kier molecular flexibility index (Phi) is 3.51. The number of oxime groups is 1. The van der Waals surface area contributed by atoms with E-state index in [0.29, 0.717) is 11.3 Å². The van der Waals surface area contributed by atoms with Crippen LogP contribution in [0.2, 0.25) is 0 Å². The van der Waals surface area contributed by atoms with E-state index in [2.05, 4.69) is 5.16 Å². The molecule has 1 amide bonds. The van der Waals surface area contributed by atoms with Crippen LogP contribution in [0, 0.1) is 0 Å². The molecule has 0 unspecified atom stereocenters. The van der Waals surface area contributed by atoms with Crippen LogP contribution in [0.1, 0.15) is 16.1 Å². The van der Waals surface area contributed by atoms with Crippen LogP contribution in [-0.4, -0.2) is 24.0 Å². The predicted molar refractivity (Wildman–Crippen MR) is 70.4 cm³/mol. The van der Waals surface area contributed by atoms with Crippen molar-refractivity contribution < 1.29 is 14.4 Å². The number of amides is 1. The smallest absolute Gasteiger partial charge is 0.293 e. The van der Waals surface area contributed by atoms with Crippen molar-refractivity contribution in [3.8, 4) is 0 Å². The van der Waals surface area contributed by atoms with Gasteiger partial charge in [0, 0.05) is 12.6 Å². The molecule has 2 rings (SSSR count). The summed E-state index contributed by atoms with van der Waals surface area (Å²) < 4.78 is 5.06. The first kappa shape index (κ1) is 12.7. The topological polar surface area (TPSA) is 92.1 Å². The Bertz CT molecular complexity index is 605. The molecule has 0 saturated heterocycles. The average Bonchev–Trinajstić information content (AvgIpc) is 2.99. The van der Waals surface area contributed by atoms with Gasteiger partial charge in [0.05, 0.1) is 12.0 Å². The Balaban J connectivity index is 2.39. The minimum Gasteiger partial charge on any atom is -0.459 e. The lowest BCUT2D eigenvalue weighted by atomic mass is 10.1. The number of furan rings is 1. The number of hydrogen-bond donors (Lipinski definition) is 2. The molecule has 6 heteroatoms. The third kappa shape index (κ3) is 2.42. The molecule has 0 atom stereocenters. The summed E-state index contributed by atoms with van der Waals surface area (Å²) >= 11 is 0. The number of hydrogen-bond acceptors (Lipinski definition) is 4. The minimum absolute atomic E-state index is 0.0605. The molecule has 6 nitrogen and oxygen atoms in total. The molecule has 0 radical (unpaired) electrons. The van der Waals surface area contributed by atoms with Gasteiger partial charge in [-0.3, -0.25) is 4.79 Å². The van der Waals surface area contributed by atoms with E-state index in [1.165, 1.54) is 11.2 Å². The van der Waals surface area contributed by atoms with E-state index in [1.807, 2.05) is 0 Å². The molecule has 2 aromatic rings. The number of carbonyl (C=O) groups is 1.